The van der Waals surface area contributed by atoms with Gasteiger partial charge in [0.1, 0.15) is 0 Å². The molecule has 1 aliphatic heterocycles. The van der Waals surface area contributed by atoms with Crippen molar-refractivity contribution >= 4 is 5.69 Å². The fourth-order valence-electron chi connectivity index (χ4n) is 2.12. The lowest BCUT2D eigenvalue weighted by Crippen LogP contribution is -2.31. The molecular weight excluding hydrogens is 210 g/mol. The number of hydrogen-bond donors (Lipinski definition) is 0. The predicted molar refractivity (Wildman–Crippen MR) is 60.7 cm³/mol. The highest BCUT2D eigenvalue weighted by Gasteiger charge is 2.26. The van der Waals surface area contributed by atoms with Crippen molar-refractivity contribution in [1.82, 2.24) is 4.90 Å². The lowest BCUT2D eigenvalue weighted by molar-refractivity contribution is 0.315. The molecule has 16 heavy (non-hydrogen) atoms. The van der Waals surface area contributed by atoms with Gasteiger partial charge in [0.05, 0.1) is 5.69 Å². The third-order valence-electron chi connectivity index (χ3n) is 3.17. The minimum atomic E-state index is -0.772. The monoisotopic (exact) mass is 226 g/mol. The fourth-order valence-corrected chi connectivity index (χ4v) is 2.12. The average molecular weight is 226 g/mol. The van der Waals surface area contributed by atoms with Crippen LogP contribution in [0.15, 0.2) is 18.2 Å². The van der Waals surface area contributed by atoms with Gasteiger partial charge in [0.2, 0.25) is 0 Å². The Bertz CT molecular complexity index is 379. The Kier molecular flexibility index (Phi) is 3.10. The largest absolute Gasteiger partial charge is 0.367 e. The molecule has 2 rings (SSSR count). The Labute approximate surface area is 94.5 Å². The van der Waals surface area contributed by atoms with E-state index in [0.29, 0.717) is 11.7 Å². The molecule has 1 aromatic rings. The van der Waals surface area contributed by atoms with E-state index in [0.717, 1.165) is 25.6 Å². The van der Waals surface area contributed by atoms with Crippen molar-refractivity contribution in [1.29, 1.82) is 0 Å². The molecule has 1 fully saturated rings. The highest BCUT2D eigenvalue weighted by molar-refractivity contribution is 5.49. The van der Waals surface area contributed by atoms with Crippen LogP contribution in [0, 0.1) is 11.6 Å². The quantitative estimate of drug-likeness (QED) is 0.762. The van der Waals surface area contributed by atoms with E-state index in [1.54, 1.807) is 12.1 Å². The van der Waals surface area contributed by atoms with Gasteiger partial charge in [0, 0.05) is 19.1 Å². The molecule has 0 N–H and O–H groups in total. The Morgan fingerprint density at radius 3 is 2.69 bits per heavy atom. The normalized spacial score (nSPS) is 20.8. The summed E-state index contributed by atoms with van der Waals surface area (Å²) in [4.78, 5) is 4.03. The van der Waals surface area contributed by atoms with Crippen molar-refractivity contribution in [2.45, 2.75) is 12.5 Å². The van der Waals surface area contributed by atoms with Crippen LogP contribution in [0.4, 0.5) is 14.5 Å². The molecule has 0 bridgehead atoms. The third-order valence-corrected chi connectivity index (χ3v) is 3.17. The molecule has 0 aromatic heterocycles. The predicted octanol–water partition coefficient (Wildman–Crippen LogP) is 2.11. The highest BCUT2D eigenvalue weighted by atomic mass is 19.2. The Morgan fingerprint density at radius 1 is 1.31 bits per heavy atom. The first kappa shape index (κ1) is 11.3. The van der Waals surface area contributed by atoms with Crippen LogP contribution in [0.1, 0.15) is 6.42 Å². The number of rotatable bonds is 2. The summed E-state index contributed by atoms with van der Waals surface area (Å²) >= 11 is 0. The fraction of sp³-hybridized carbons (Fsp3) is 0.500. The maximum atomic E-state index is 13.6. The van der Waals surface area contributed by atoms with Crippen LogP contribution < -0.4 is 4.90 Å². The molecular formula is C12H16F2N2. The van der Waals surface area contributed by atoms with Crippen molar-refractivity contribution in [3.8, 4) is 0 Å². The van der Waals surface area contributed by atoms with Crippen molar-refractivity contribution in [2.75, 3.05) is 32.1 Å². The lowest BCUT2D eigenvalue weighted by Gasteiger charge is -2.22. The van der Waals surface area contributed by atoms with Gasteiger partial charge in [-0.2, -0.15) is 0 Å². The van der Waals surface area contributed by atoms with Crippen LogP contribution in [-0.4, -0.2) is 38.1 Å². The third kappa shape index (κ3) is 2.02. The van der Waals surface area contributed by atoms with Gasteiger partial charge < -0.3 is 9.80 Å². The first-order valence-electron chi connectivity index (χ1n) is 5.45. The molecule has 88 valence electrons. The Morgan fingerprint density at radius 2 is 2.06 bits per heavy atom. The van der Waals surface area contributed by atoms with Crippen LogP contribution in [0.25, 0.3) is 0 Å². The lowest BCUT2D eigenvalue weighted by atomic mass is 10.2. The highest BCUT2D eigenvalue weighted by Crippen LogP contribution is 2.26. The van der Waals surface area contributed by atoms with Crippen LogP contribution in [0.5, 0.6) is 0 Å². The summed E-state index contributed by atoms with van der Waals surface area (Å²) in [5.41, 5.74) is 0.379. The summed E-state index contributed by atoms with van der Waals surface area (Å²) in [5.74, 6) is -1.51. The van der Waals surface area contributed by atoms with Gasteiger partial charge in [-0.1, -0.05) is 6.07 Å². The first-order chi connectivity index (χ1) is 7.59. The molecule has 1 unspecified atom stereocenters. The van der Waals surface area contributed by atoms with E-state index in [1.165, 1.54) is 0 Å². The van der Waals surface area contributed by atoms with Crippen LogP contribution in [0.2, 0.25) is 0 Å². The van der Waals surface area contributed by atoms with Crippen molar-refractivity contribution in [2.24, 2.45) is 0 Å². The van der Waals surface area contributed by atoms with E-state index >= 15 is 0 Å². The summed E-state index contributed by atoms with van der Waals surface area (Å²) in [5, 5.41) is 0. The number of likely N-dealkylation sites (N-methyl/N-ethyl adjacent to an activating group) is 1. The molecule has 0 saturated carbocycles. The maximum absolute atomic E-state index is 13.6. The zero-order valence-corrected chi connectivity index (χ0v) is 9.58. The van der Waals surface area contributed by atoms with Crippen LogP contribution in [-0.2, 0) is 0 Å². The molecule has 0 spiro atoms. The summed E-state index contributed by atoms with van der Waals surface area (Å²) in [6.45, 7) is 1.54. The molecule has 4 heteroatoms. The minimum absolute atomic E-state index is 0.379. The SMILES string of the molecule is CN(C)C1CCN(c2cccc(F)c2F)C1. The topological polar surface area (TPSA) is 6.48 Å². The molecule has 0 amide bonds. The van der Waals surface area contributed by atoms with E-state index in [9.17, 15) is 8.78 Å². The molecule has 1 heterocycles. The van der Waals surface area contributed by atoms with E-state index in [4.69, 9.17) is 0 Å². The summed E-state index contributed by atoms with van der Waals surface area (Å²) in [6, 6.07) is 4.76. The van der Waals surface area contributed by atoms with E-state index < -0.39 is 11.6 Å². The second kappa shape index (κ2) is 4.37. The van der Waals surface area contributed by atoms with Gasteiger partial charge in [0.25, 0.3) is 0 Å². The average Bonchev–Trinajstić information content (AvgIpc) is 2.71. The van der Waals surface area contributed by atoms with Gasteiger partial charge in [-0.3, -0.25) is 0 Å². The minimum Gasteiger partial charge on any atom is -0.367 e. The van der Waals surface area contributed by atoms with Gasteiger partial charge >= 0.3 is 0 Å². The molecule has 0 radical (unpaired) electrons. The summed E-state index contributed by atoms with van der Waals surface area (Å²) < 4.78 is 26.6. The van der Waals surface area contributed by atoms with E-state index in [2.05, 4.69) is 4.90 Å². The van der Waals surface area contributed by atoms with Crippen molar-refractivity contribution in [3.63, 3.8) is 0 Å². The van der Waals surface area contributed by atoms with Crippen LogP contribution >= 0.6 is 0 Å². The Hall–Kier alpha value is -1.16. The summed E-state index contributed by atoms with van der Waals surface area (Å²) in [7, 11) is 4.02. The van der Waals surface area contributed by atoms with Gasteiger partial charge in [-0.25, -0.2) is 8.78 Å². The molecule has 1 atom stereocenters. The summed E-state index contributed by atoms with van der Waals surface area (Å²) in [6.07, 6.45) is 0.989. The molecule has 1 aliphatic rings. The van der Waals surface area contributed by atoms with Gasteiger partial charge in [0.15, 0.2) is 11.6 Å². The number of hydrogen-bond acceptors (Lipinski definition) is 2. The zero-order chi connectivity index (χ0) is 11.7. The smallest absolute Gasteiger partial charge is 0.182 e. The van der Waals surface area contributed by atoms with E-state index in [1.807, 2.05) is 19.0 Å². The number of halogens is 2. The number of anilines is 1. The standard InChI is InChI=1S/C12H16F2N2/c1-15(2)9-6-7-16(8-9)11-5-3-4-10(13)12(11)14/h3-5,9H,6-8H2,1-2H3. The maximum Gasteiger partial charge on any atom is 0.182 e. The molecule has 2 nitrogen and oxygen atoms in total. The molecule has 1 aromatic carbocycles. The Balaban J connectivity index is 2.17. The van der Waals surface area contributed by atoms with E-state index in [-0.39, 0.29) is 0 Å². The molecule has 1 saturated heterocycles. The second-order valence-electron chi connectivity index (χ2n) is 4.43. The first-order valence-corrected chi connectivity index (χ1v) is 5.45. The van der Waals surface area contributed by atoms with Crippen molar-refractivity contribution < 1.29 is 8.78 Å². The number of nitrogens with zero attached hydrogens (tertiary/aromatic N) is 2. The van der Waals surface area contributed by atoms with Crippen molar-refractivity contribution in [3.05, 3.63) is 29.8 Å². The van der Waals surface area contributed by atoms with Gasteiger partial charge in [-0.05, 0) is 32.6 Å². The second-order valence-corrected chi connectivity index (χ2v) is 4.43. The van der Waals surface area contributed by atoms with Gasteiger partial charge in [-0.15, -0.1) is 0 Å². The number of benzene rings is 1. The van der Waals surface area contributed by atoms with Crippen LogP contribution in [0.3, 0.4) is 0 Å². The molecule has 0 aliphatic carbocycles. The zero-order valence-electron chi connectivity index (χ0n) is 9.58.